The zero-order valence-corrected chi connectivity index (χ0v) is 29.8. The summed E-state index contributed by atoms with van der Waals surface area (Å²) in [6.45, 7) is -0.0733. The van der Waals surface area contributed by atoms with Crippen molar-refractivity contribution in [2.24, 2.45) is 7.05 Å². The van der Waals surface area contributed by atoms with Crippen LogP contribution in [0, 0.1) is 5.82 Å². The Hall–Kier alpha value is -5.05. The fraction of sp³-hybridized carbons (Fsp3) is 0.306. The van der Waals surface area contributed by atoms with Gasteiger partial charge in [-0.3, -0.25) is 18.5 Å². The van der Waals surface area contributed by atoms with Crippen LogP contribution in [0.15, 0.2) is 59.5 Å². The third-order valence-electron chi connectivity index (χ3n) is 8.95. The number of hydrogen-bond acceptors (Lipinski definition) is 7. The van der Waals surface area contributed by atoms with Gasteiger partial charge < -0.3 is 25.4 Å². The lowest BCUT2D eigenvalue weighted by Crippen LogP contribution is -2.41. The van der Waals surface area contributed by atoms with Crippen LogP contribution in [0.1, 0.15) is 30.7 Å². The minimum Gasteiger partial charge on any atom is -0.481 e. The number of methoxy groups -OCH3 is 1. The van der Waals surface area contributed by atoms with E-state index in [0.717, 1.165) is 4.90 Å². The first kappa shape index (κ1) is 36.7. The van der Waals surface area contributed by atoms with Crippen LogP contribution in [0.25, 0.3) is 39.0 Å². The number of rotatable bonds is 13. The molecule has 1 saturated heterocycles. The van der Waals surface area contributed by atoms with Crippen LogP contribution in [-0.4, -0.2) is 74.1 Å². The van der Waals surface area contributed by atoms with Gasteiger partial charge in [0.1, 0.15) is 17.2 Å². The average Bonchev–Trinajstić information content (AvgIpc) is 3.75. The van der Waals surface area contributed by atoms with E-state index < -0.39 is 18.6 Å². The van der Waals surface area contributed by atoms with Gasteiger partial charge in [-0.05, 0) is 25.5 Å². The van der Waals surface area contributed by atoms with Crippen molar-refractivity contribution in [2.45, 2.75) is 38.4 Å². The number of ether oxygens (including phenoxy) is 1. The first-order valence-corrected chi connectivity index (χ1v) is 17.2. The topological polar surface area (TPSA) is 143 Å². The predicted molar refractivity (Wildman–Crippen MR) is 193 cm³/mol. The molecular formula is C36H35Cl2F2N7O5. The Labute approximate surface area is 306 Å². The highest BCUT2D eigenvalue weighted by molar-refractivity contribution is 6.39. The second kappa shape index (κ2) is 15.7. The van der Waals surface area contributed by atoms with Gasteiger partial charge in [-0.15, -0.1) is 0 Å². The summed E-state index contributed by atoms with van der Waals surface area (Å²) in [5, 5.41) is 20.8. The molecule has 5 aromatic rings. The summed E-state index contributed by atoms with van der Waals surface area (Å²) in [6.07, 6.45) is 1.56. The number of benzene rings is 2. The van der Waals surface area contributed by atoms with Crippen molar-refractivity contribution >= 4 is 40.7 Å². The first-order valence-electron chi connectivity index (χ1n) is 16.4. The van der Waals surface area contributed by atoms with Crippen LogP contribution in [0.5, 0.6) is 5.88 Å². The molecule has 272 valence electrons. The molecular weight excluding hydrogens is 719 g/mol. The summed E-state index contributed by atoms with van der Waals surface area (Å²) >= 11 is 14.0. The number of halogens is 4. The quantitative estimate of drug-likeness (QED) is 0.123. The minimum atomic E-state index is -1.28. The van der Waals surface area contributed by atoms with Crippen molar-refractivity contribution in [3.05, 3.63) is 92.3 Å². The van der Waals surface area contributed by atoms with E-state index in [9.17, 15) is 23.9 Å². The molecule has 1 fully saturated rings. The summed E-state index contributed by atoms with van der Waals surface area (Å²) in [6, 6.07) is 13.1. The van der Waals surface area contributed by atoms with E-state index in [-0.39, 0.29) is 59.3 Å². The summed E-state index contributed by atoms with van der Waals surface area (Å²) in [5.41, 5.74) is 2.91. The number of nitrogens with one attached hydrogen (secondary N) is 2. The van der Waals surface area contributed by atoms with Gasteiger partial charge in [0.25, 0.3) is 5.56 Å². The number of pyridine rings is 1. The van der Waals surface area contributed by atoms with Gasteiger partial charge in [0, 0.05) is 66.1 Å². The van der Waals surface area contributed by atoms with Crippen molar-refractivity contribution in [3.63, 3.8) is 0 Å². The van der Waals surface area contributed by atoms with Crippen LogP contribution >= 0.6 is 23.2 Å². The smallest absolute Gasteiger partial charge is 0.407 e. The van der Waals surface area contributed by atoms with Crippen molar-refractivity contribution in [2.75, 3.05) is 26.9 Å². The Balaban J connectivity index is 1.32. The number of carbonyl (C=O) groups excluding carboxylic acids is 1. The molecule has 0 bridgehead atoms. The van der Waals surface area contributed by atoms with Crippen LogP contribution in [0.3, 0.4) is 0 Å². The fourth-order valence-electron chi connectivity index (χ4n) is 6.22. The molecule has 0 radical (unpaired) electrons. The van der Waals surface area contributed by atoms with Gasteiger partial charge in [-0.1, -0.05) is 59.6 Å². The number of carbonyl (C=O) groups is 2. The molecule has 1 unspecified atom stereocenters. The number of alkyl halides is 1. The van der Waals surface area contributed by atoms with E-state index >= 15 is 4.39 Å². The molecule has 52 heavy (non-hydrogen) atoms. The second-order valence-electron chi connectivity index (χ2n) is 12.3. The number of nitrogens with zero attached hydrogens (tertiary/aromatic N) is 5. The van der Waals surface area contributed by atoms with Crippen molar-refractivity contribution in [1.29, 1.82) is 0 Å². The molecule has 1 aliphatic heterocycles. The number of amides is 2. The molecule has 4 heterocycles. The van der Waals surface area contributed by atoms with Gasteiger partial charge in [0.2, 0.25) is 11.8 Å². The molecule has 0 aliphatic carbocycles. The third-order valence-corrected chi connectivity index (χ3v) is 9.76. The lowest BCUT2D eigenvalue weighted by molar-refractivity contribution is -0.119. The molecule has 0 saturated carbocycles. The Morgan fingerprint density at radius 1 is 1.12 bits per heavy atom. The third kappa shape index (κ3) is 7.45. The van der Waals surface area contributed by atoms with Crippen LogP contribution in [0.2, 0.25) is 10.0 Å². The predicted octanol–water partition coefficient (Wildman–Crippen LogP) is 6.09. The van der Waals surface area contributed by atoms with E-state index in [2.05, 4.69) is 20.7 Å². The number of fused-ring (bicyclic) bond motifs is 1. The maximum atomic E-state index is 15.8. The zero-order valence-electron chi connectivity index (χ0n) is 28.3. The summed E-state index contributed by atoms with van der Waals surface area (Å²) < 4.78 is 36.7. The Bertz CT molecular complexity index is 2230. The van der Waals surface area contributed by atoms with E-state index in [1.807, 2.05) is 6.07 Å². The SMILES string of the molecule is COc1nc(-c2cccc(-c3cccc(-c4cc5c(=O)n(C)c(CNCCCF)nn5c4)c3Cl)c2Cl)cc(F)c1CN(CC1CCC(=O)N1)C(=O)O. The molecule has 6 rings (SSSR count). The number of hydrogen-bond donors (Lipinski definition) is 3. The summed E-state index contributed by atoms with van der Waals surface area (Å²) in [4.78, 5) is 42.4. The highest BCUT2D eigenvalue weighted by Crippen LogP contribution is 2.43. The average molecular weight is 755 g/mol. The Kier molecular flexibility index (Phi) is 11.1. The highest BCUT2D eigenvalue weighted by Gasteiger charge is 2.28. The molecule has 16 heteroatoms. The van der Waals surface area contributed by atoms with Crippen molar-refractivity contribution in [1.82, 2.24) is 34.7 Å². The fourth-order valence-corrected chi connectivity index (χ4v) is 6.88. The lowest BCUT2D eigenvalue weighted by atomic mass is 9.97. The van der Waals surface area contributed by atoms with E-state index in [1.54, 1.807) is 49.6 Å². The van der Waals surface area contributed by atoms with E-state index in [1.165, 1.54) is 22.3 Å². The Morgan fingerprint density at radius 2 is 1.81 bits per heavy atom. The largest absolute Gasteiger partial charge is 0.481 e. The number of carboxylic acid groups (broad SMARTS) is 1. The summed E-state index contributed by atoms with van der Waals surface area (Å²) in [5.74, 6) is -0.539. The molecule has 1 aliphatic rings. The molecule has 2 amide bonds. The maximum absolute atomic E-state index is 15.8. The minimum absolute atomic E-state index is 0.0210. The molecule has 1 atom stereocenters. The van der Waals surface area contributed by atoms with Crippen LogP contribution < -0.4 is 20.9 Å². The molecule has 3 N–H and O–H groups in total. The van der Waals surface area contributed by atoms with Gasteiger partial charge in [-0.25, -0.2) is 18.7 Å². The second-order valence-corrected chi connectivity index (χ2v) is 13.1. The van der Waals surface area contributed by atoms with Gasteiger partial charge >= 0.3 is 6.09 Å². The highest BCUT2D eigenvalue weighted by atomic mass is 35.5. The summed E-state index contributed by atoms with van der Waals surface area (Å²) in [7, 11) is 2.94. The standard InChI is InChI=1S/C36H35Cl2F2N7O5/c1-45-30(16-41-13-5-12-39)44-47-17-20(14-29(47)35(45)49)22-6-3-7-23(32(22)37)24-8-4-9-25(33(24)38)28-15-27(40)26(34(43-28)52-2)19-46(36(50)51)18-21-10-11-31(48)42-21/h3-4,6-9,14-15,17,21,41H,5,10-13,16,18-19H2,1-2H3,(H,42,48)(H,50,51). The van der Waals surface area contributed by atoms with Crippen molar-refractivity contribution in [3.8, 4) is 39.4 Å². The molecule has 3 aromatic heterocycles. The molecule has 2 aromatic carbocycles. The first-order chi connectivity index (χ1) is 25.0. The zero-order chi connectivity index (χ0) is 37.1. The molecule has 12 nitrogen and oxygen atoms in total. The van der Waals surface area contributed by atoms with Crippen molar-refractivity contribution < 1.29 is 28.2 Å². The van der Waals surface area contributed by atoms with E-state index in [4.69, 9.17) is 27.9 Å². The lowest BCUT2D eigenvalue weighted by Gasteiger charge is -2.24. The van der Waals surface area contributed by atoms with Gasteiger partial charge in [-0.2, -0.15) is 5.10 Å². The maximum Gasteiger partial charge on any atom is 0.407 e. The van der Waals surface area contributed by atoms with Gasteiger partial charge in [0.05, 0.1) is 48.2 Å². The molecule has 0 spiro atoms. The normalized spacial score (nSPS) is 14.2. The van der Waals surface area contributed by atoms with Crippen LogP contribution in [0.4, 0.5) is 13.6 Å². The van der Waals surface area contributed by atoms with Crippen LogP contribution in [-0.2, 0) is 24.9 Å². The monoisotopic (exact) mass is 753 g/mol. The van der Waals surface area contributed by atoms with Gasteiger partial charge in [0.15, 0.2) is 0 Å². The van der Waals surface area contributed by atoms with E-state index in [0.29, 0.717) is 70.0 Å². The Morgan fingerprint density at radius 3 is 2.46 bits per heavy atom. The number of aromatic nitrogens is 4.